The summed E-state index contributed by atoms with van der Waals surface area (Å²) in [7, 11) is 3.27. The number of ether oxygens (including phenoxy) is 1. The summed E-state index contributed by atoms with van der Waals surface area (Å²) in [6.45, 7) is 0.876. The average molecular weight is 472 g/mol. The molecule has 0 aromatic heterocycles. The van der Waals surface area contributed by atoms with Crippen molar-refractivity contribution in [3.8, 4) is 5.75 Å². The molecule has 1 atom stereocenters. The zero-order valence-electron chi connectivity index (χ0n) is 19.8. The smallest absolute Gasteiger partial charge is 0.250 e. The summed E-state index contributed by atoms with van der Waals surface area (Å²) in [5, 5.41) is 2.74. The highest BCUT2D eigenvalue weighted by molar-refractivity contribution is 6.09. The van der Waals surface area contributed by atoms with Gasteiger partial charge in [0, 0.05) is 31.6 Å². The molecule has 2 N–H and O–H groups in total. The van der Waals surface area contributed by atoms with Gasteiger partial charge in [-0.15, -0.1) is 0 Å². The van der Waals surface area contributed by atoms with Crippen LogP contribution < -0.4 is 15.5 Å². The zero-order valence-corrected chi connectivity index (χ0v) is 19.8. The first-order chi connectivity index (χ1) is 16.5. The van der Waals surface area contributed by atoms with Crippen molar-refractivity contribution in [2.75, 3.05) is 20.8 Å². The molecule has 10 nitrogen and oxygen atoms in total. The lowest BCUT2D eigenvalue weighted by Crippen LogP contribution is -2.40. The summed E-state index contributed by atoms with van der Waals surface area (Å²) in [4.78, 5) is 49.7. The molecule has 2 aliphatic heterocycles. The number of carbonyl (C=O) groups is 3. The number of hydrogen-bond donors (Lipinski definition) is 2. The molecule has 2 heterocycles. The predicted molar refractivity (Wildman–Crippen MR) is 125 cm³/mol. The highest BCUT2D eigenvalue weighted by Crippen LogP contribution is 2.32. The molecule has 1 aliphatic carbocycles. The number of rotatable bonds is 9. The third-order valence-corrected chi connectivity index (χ3v) is 6.72. The topological polar surface area (TPSA) is 113 Å². The monoisotopic (exact) mass is 471 g/mol. The van der Waals surface area contributed by atoms with E-state index in [-0.39, 0.29) is 24.1 Å². The van der Waals surface area contributed by atoms with Gasteiger partial charge in [0.05, 0.1) is 25.8 Å². The largest absolute Gasteiger partial charge is 0.494 e. The van der Waals surface area contributed by atoms with Crippen LogP contribution in [0.15, 0.2) is 23.2 Å². The Balaban J connectivity index is 1.29. The third kappa shape index (κ3) is 5.49. The SMILES string of the molecule is CONC(=O)CC1C(=O)NC2=Nc3ccc(OCCCC(=O)N(C)C4CCCCC4)cc3CN21. The molecule has 2 fully saturated rings. The molecule has 0 radical (unpaired) electrons. The Kier molecular flexibility index (Phi) is 7.66. The molecule has 1 saturated heterocycles. The van der Waals surface area contributed by atoms with E-state index in [9.17, 15) is 14.4 Å². The van der Waals surface area contributed by atoms with Crippen molar-refractivity contribution in [2.24, 2.45) is 4.99 Å². The van der Waals surface area contributed by atoms with E-state index >= 15 is 0 Å². The van der Waals surface area contributed by atoms with Gasteiger partial charge < -0.3 is 14.5 Å². The quantitative estimate of drug-likeness (QED) is 0.421. The van der Waals surface area contributed by atoms with Crippen LogP contribution in [0.25, 0.3) is 0 Å². The first kappa shape index (κ1) is 24.0. The van der Waals surface area contributed by atoms with E-state index in [1.807, 2.05) is 30.1 Å². The van der Waals surface area contributed by atoms with Gasteiger partial charge in [-0.2, -0.15) is 0 Å². The molecular weight excluding hydrogens is 438 g/mol. The molecule has 0 bridgehead atoms. The second kappa shape index (κ2) is 10.9. The Morgan fingerprint density at radius 1 is 1.26 bits per heavy atom. The summed E-state index contributed by atoms with van der Waals surface area (Å²) in [6, 6.07) is 5.33. The van der Waals surface area contributed by atoms with Crippen LogP contribution in [0, 0.1) is 0 Å². The van der Waals surface area contributed by atoms with E-state index < -0.39 is 6.04 Å². The minimum Gasteiger partial charge on any atom is -0.494 e. The third-order valence-electron chi connectivity index (χ3n) is 6.72. The number of carbonyl (C=O) groups excluding carboxylic acids is 3. The number of aliphatic imine (C=N–C) groups is 1. The van der Waals surface area contributed by atoms with Gasteiger partial charge in [0.15, 0.2) is 0 Å². The summed E-state index contributed by atoms with van der Waals surface area (Å²) in [5.74, 6) is 0.671. The van der Waals surface area contributed by atoms with Crippen LogP contribution in [0.5, 0.6) is 5.75 Å². The molecule has 1 saturated carbocycles. The fourth-order valence-corrected chi connectivity index (χ4v) is 4.81. The average Bonchev–Trinajstić information content (AvgIpc) is 3.14. The summed E-state index contributed by atoms with van der Waals surface area (Å²) in [5.41, 5.74) is 3.91. The molecule has 3 amide bonds. The van der Waals surface area contributed by atoms with Crippen molar-refractivity contribution in [3.05, 3.63) is 23.8 Å². The van der Waals surface area contributed by atoms with E-state index in [2.05, 4.69) is 20.6 Å². The molecular formula is C24H33N5O5. The van der Waals surface area contributed by atoms with Gasteiger partial charge in [-0.25, -0.2) is 10.5 Å². The van der Waals surface area contributed by atoms with Crippen molar-refractivity contribution in [1.29, 1.82) is 0 Å². The molecule has 4 rings (SSSR count). The minimum absolute atomic E-state index is 0.0342. The predicted octanol–water partition coefficient (Wildman–Crippen LogP) is 2.01. The number of nitrogens with zero attached hydrogens (tertiary/aromatic N) is 3. The van der Waals surface area contributed by atoms with Crippen LogP contribution in [0.4, 0.5) is 5.69 Å². The molecule has 1 unspecified atom stereocenters. The Hall–Kier alpha value is -3.14. The highest BCUT2D eigenvalue weighted by Gasteiger charge is 2.40. The van der Waals surface area contributed by atoms with Crippen LogP contribution in [-0.2, 0) is 25.8 Å². The molecule has 184 valence electrons. The standard InChI is InChI=1S/C24H33N5O5/c1-28(17-7-4-3-5-8-17)22(31)9-6-12-34-18-10-11-19-16(13-18)15-29-20(14-21(30)27-33-2)23(32)26-24(29)25-19/h10-11,13,17,20H,3-9,12,14-15H2,1-2H3,(H,27,30)(H,25,26,32). The van der Waals surface area contributed by atoms with Gasteiger partial charge in [-0.3, -0.25) is 24.5 Å². The Bertz CT molecular complexity index is 959. The Labute approximate surface area is 199 Å². The van der Waals surface area contributed by atoms with Crippen LogP contribution >= 0.6 is 0 Å². The van der Waals surface area contributed by atoms with Crippen molar-refractivity contribution < 1.29 is 24.0 Å². The lowest BCUT2D eigenvalue weighted by molar-refractivity contribution is -0.135. The van der Waals surface area contributed by atoms with E-state index in [4.69, 9.17) is 4.74 Å². The molecule has 1 aromatic carbocycles. The van der Waals surface area contributed by atoms with Gasteiger partial charge in [0.1, 0.15) is 11.8 Å². The Morgan fingerprint density at radius 3 is 2.82 bits per heavy atom. The Morgan fingerprint density at radius 2 is 2.06 bits per heavy atom. The summed E-state index contributed by atoms with van der Waals surface area (Å²) in [6.07, 6.45) is 6.98. The summed E-state index contributed by atoms with van der Waals surface area (Å²) >= 11 is 0. The number of guanidine groups is 1. The maximum Gasteiger partial charge on any atom is 0.250 e. The van der Waals surface area contributed by atoms with Crippen LogP contribution in [0.1, 0.15) is 56.9 Å². The van der Waals surface area contributed by atoms with Crippen molar-refractivity contribution in [3.63, 3.8) is 0 Å². The van der Waals surface area contributed by atoms with Crippen molar-refractivity contribution in [2.45, 2.75) is 70.0 Å². The normalized spacial score (nSPS) is 19.6. The number of benzene rings is 1. The molecule has 0 spiro atoms. The molecule has 34 heavy (non-hydrogen) atoms. The molecule has 3 aliphatic rings. The van der Waals surface area contributed by atoms with E-state index in [0.29, 0.717) is 43.7 Å². The number of nitrogens with one attached hydrogen (secondary N) is 2. The summed E-state index contributed by atoms with van der Waals surface area (Å²) < 4.78 is 5.90. The minimum atomic E-state index is -0.654. The second-order valence-electron chi connectivity index (χ2n) is 9.04. The fourth-order valence-electron chi connectivity index (χ4n) is 4.81. The van der Waals surface area contributed by atoms with Gasteiger partial charge in [-0.05, 0) is 37.5 Å². The van der Waals surface area contributed by atoms with E-state index in [1.165, 1.54) is 26.4 Å². The molecule has 10 heteroatoms. The van der Waals surface area contributed by atoms with Crippen LogP contribution in [-0.4, -0.2) is 66.3 Å². The van der Waals surface area contributed by atoms with Gasteiger partial charge in [0.25, 0.3) is 0 Å². The zero-order chi connectivity index (χ0) is 24.1. The van der Waals surface area contributed by atoms with Crippen molar-refractivity contribution >= 4 is 29.4 Å². The maximum atomic E-state index is 12.5. The second-order valence-corrected chi connectivity index (χ2v) is 9.04. The van der Waals surface area contributed by atoms with Gasteiger partial charge >= 0.3 is 0 Å². The lowest BCUT2D eigenvalue weighted by Gasteiger charge is -2.31. The van der Waals surface area contributed by atoms with Crippen LogP contribution in [0.3, 0.4) is 0 Å². The first-order valence-corrected chi connectivity index (χ1v) is 12.0. The number of hydrogen-bond acceptors (Lipinski definition) is 7. The maximum absolute atomic E-state index is 12.5. The highest BCUT2D eigenvalue weighted by atomic mass is 16.6. The van der Waals surface area contributed by atoms with E-state index in [0.717, 1.165) is 24.1 Å². The molecule has 1 aromatic rings. The van der Waals surface area contributed by atoms with E-state index in [1.54, 1.807) is 4.90 Å². The number of amides is 3. The van der Waals surface area contributed by atoms with Gasteiger partial charge in [0.2, 0.25) is 23.7 Å². The lowest BCUT2D eigenvalue weighted by atomic mass is 9.94. The number of fused-ring (bicyclic) bond motifs is 2. The van der Waals surface area contributed by atoms with Gasteiger partial charge in [-0.1, -0.05) is 19.3 Å². The fraction of sp³-hybridized carbons (Fsp3) is 0.583. The number of hydroxylamine groups is 1. The van der Waals surface area contributed by atoms with Crippen molar-refractivity contribution in [1.82, 2.24) is 20.6 Å². The first-order valence-electron chi connectivity index (χ1n) is 12.0. The van der Waals surface area contributed by atoms with Crippen LogP contribution in [0.2, 0.25) is 0 Å².